The quantitative estimate of drug-likeness (QED) is 0.902. The van der Waals surface area contributed by atoms with E-state index < -0.39 is 0 Å². The number of rotatable bonds is 4. The molecule has 0 saturated carbocycles. The first kappa shape index (κ1) is 14.0. The molecule has 2 N–H and O–H groups in total. The average Bonchev–Trinajstić information content (AvgIpc) is 2.66. The summed E-state index contributed by atoms with van der Waals surface area (Å²) in [5.74, 6) is -0.351. The van der Waals surface area contributed by atoms with Crippen molar-refractivity contribution < 1.29 is 4.39 Å². The van der Waals surface area contributed by atoms with E-state index in [4.69, 9.17) is 0 Å². The highest BCUT2D eigenvalue weighted by molar-refractivity contribution is 9.10. The molecule has 0 bridgehead atoms. The molecule has 0 aliphatic rings. The fourth-order valence-corrected chi connectivity index (χ4v) is 2.35. The normalized spacial score (nSPS) is 10.9. The van der Waals surface area contributed by atoms with Crippen molar-refractivity contribution in [3.63, 3.8) is 0 Å². The highest BCUT2D eigenvalue weighted by Gasteiger charge is 2.16. The first-order valence-electron chi connectivity index (χ1n) is 5.92. The van der Waals surface area contributed by atoms with Crippen molar-refractivity contribution in [2.24, 2.45) is 7.05 Å². The molecule has 0 aliphatic carbocycles. The van der Waals surface area contributed by atoms with Crippen LogP contribution >= 0.6 is 15.9 Å². The molecule has 2 rings (SSSR count). The topological polar surface area (TPSA) is 49.8 Å². The number of nitrogens with one attached hydrogen (secondary N) is 2. The number of likely N-dealkylation sites (N-methyl/N-ethyl adjacent to an activating group) is 1. The minimum Gasteiger partial charge on any atom is -0.319 e. The smallest absolute Gasteiger partial charge is 0.270 e. The van der Waals surface area contributed by atoms with Crippen molar-refractivity contribution >= 4 is 15.9 Å². The molecule has 4 nitrogen and oxygen atoms in total. The van der Waals surface area contributed by atoms with Crippen LogP contribution in [0, 0.1) is 5.82 Å². The van der Waals surface area contributed by atoms with E-state index in [0.717, 1.165) is 4.47 Å². The van der Waals surface area contributed by atoms with Gasteiger partial charge >= 0.3 is 0 Å². The number of hydrogen-bond donors (Lipinski definition) is 2. The number of halogens is 2. The lowest BCUT2D eigenvalue weighted by Gasteiger charge is -2.05. The van der Waals surface area contributed by atoms with Crippen LogP contribution in [0.4, 0.5) is 4.39 Å². The molecule has 102 valence electrons. The van der Waals surface area contributed by atoms with E-state index in [1.165, 1.54) is 10.7 Å². The number of aromatic amines is 1. The van der Waals surface area contributed by atoms with E-state index in [0.29, 0.717) is 29.8 Å². The van der Waals surface area contributed by atoms with Crippen LogP contribution in [0.15, 0.2) is 27.5 Å². The molecule has 1 heterocycles. The van der Waals surface area contributed by atoms with Gasteiger partial charge in [0.05, 0.1) is 5.69 Å². The van der Waals surface area contributed by atoms with Crippen LogP contribution in [0.1, 0.15) is 5.56 Å². The van der Waals surface area contributed by atoms with Crippen molar-refractivity contribution in [2.45, 2.75) is 6.42 Å². The standard InChI is InChI=1S/C13H15BrFN3O/c1-16-6-5-9-12(17-18(2)13(9)19)10-7-8(14)3-4-11(10)15/h3-4,7,16-17H,5-6H2,1-2H3. The Labute approximate surface area is 118 Å². The highest BCUT2D eigenvalue weighted by atomic mass is 79.9. The summed E-state index contributed by atoms with van der Waals surface area (Å²) in [6.45, 7) is 0.662. The molecular formula is C13H15BrFN3O. The van der Waals surface area contributed by atoms with Gasteiger partial charge in [0.15, 0.2) is 0 Å². The second-order valence-corrected chi connectivity index (χ2v) is 5.22. The predicted octanol–water partition coefficient (Wildman–Crippen LogP) is 2.04. The Morgan fingerprint density at radius 3 is 2.89 bits per heavy atom. The molecule has 1 aromatic heterocycles. The number of aryl methyl sites for hydroxylation is 1. The molecule has 0 saturated heterocycles. The zero-order chi connectivity index (χ0) is 14.0. The molecule has 2 aromatic rings. The predicted molar refractivity (Wildman–Crippen MR) is 76.8 cm³/mol. The summed E-state index contributed by atoms with van der Waals surface area (Å²) in [6, 6.07) is 4.68. The van der Waals surface area contributed by atoms with Gasteiger partial charge in [-0.3, -0.25) is 14.6 Å². The van der Waals surface area contributed by atoms with Crippen molar-refractivity contribution in [3.05, 3.63) is 44.4 Å². The molecule has 0 fully saturated rings. The van der Waals surface area contributed by atoms with Crippen LogP contribution in [0.25, 0.3) is 11.3 Å². The minimum absolute atomic E-state index is 0.121. The van der Waals surface area contributed by atoms with Gasteiger partial charge in [0.2, 0.25) is 0 Å². The summed E-state index contributed by atoms with van der Waals surface area (Å²) in [6.07, 6.45) is 0.550. The third-order valence-corrected chi connectivity index (χ3v) is 3.46. The van der Waals surface area contributed by atoms with Gasteiger partial charge in [-0.2, -0.15) is 0 Å². The van der Waals surface area contributed by atoms with Gasteiger partial charge in [0.1, 0.15) is 5.82 Å². The van der Waals surface area contributed by atoms with Crippen molar-refractivity contribution in [1.29, 1.82) is 0 Å². The zero-order valence-electron chi connectivity index (χ0n) is 10.8. The largest absolute Gasteiger partial charge is 0.319 e. The molecule has 0 spiro atoms. The van der Waals surface area contributed by atoms with E-state index in [9.17, 15) is 9.18 Å². The molecule has 0 aliphatic heterocycles. The average molecular weight is 328 g/mol. The van der Waals surface area contributed by atoms with E-state index in [-0.39, 0.29) is 11.4 Å². The molecule has 19 heavy (non-hydrogen) atoms. The summed E-state index contributed by atoms with van der Waals surface area (Å²) < 4.78 is 16.1. The molecular weight excluding hydrogens is 313 g/mol. The van der Waals surface area contributed by atoms with Gasteiger partial charge < -0.3 is 5.32 Å². The summed E-state index contributed by atoms with van der Waals surface area (Å²) in [7, 11) is 3.45. The van der Waals surface area contributed by atoms with Crippen LogP contribution in [0.5, 0.6) is 0 Å². The van der Waals surface area contributed by atoms with E-state index in [1.54, 1.807) is 19.2 Å². The first-order valence-corrected chi connectivity index (χ1v) is 6.71. The van der Waals surface area contributed by atoms with Gasteiger partial charge in [0.25, 0.3) is 5.56 Å². The van der Waals surface area contributed by atoms with Crippen LogP contribution < -0.4 is 10.9 Å². The number of hydrogen-bond acceptors (Lipinski definition) is 2. The summed E-state index contributed by atoms with van der Waals surface area (Å²) in [5.41, 5.74) is 1.42. The van der Waals surface area contributed by atoms with Crippen LogP contribution in [-0.2, 0) is 13.5 Å². The monoisotopic (exact) mass is 327 g/mol. The Balaban J connectivity index is 2.58. The molecule has 0 atom stereocenters. The maximum absolute atomic E-state index is 13.9. The number of H-pyrrole nitrogens is 1. The van der Waals surface area contributed by atoms with Crippen molar-refractivity contribution in [1.82, 2.24) is 15.1 Å². The molecule has 0 amide bonds. The van der Waals surface area contributed by atoms with Crippen LogP contribution in [0.3, 0.4) is 0 Å². The van der Waals surface area contributed by atoms with Gasteiger partial charge in [-0.15, -0.1) is 0 Å². The first-order chi connectivity index (χ1) is 9.04. The summed E-state index contributed by atoms with van der Waals surface area (Å²) in [5, 5.41) is 5.91. The number of nitrogens with zero attached hydrogens (tertiary/aromatic N) is 1. The Hall–Kier alpha value is -1.40. The lowest BCUT2D eigenvalue weighted by atomic mass is 10.1. The minimum atomic E-state index is -0.351. The fraction of sp³-hybridized carbons (Fsp3) is 0.308. The summed E-state index contributed by atoms with van der Waals surface area (Å²) in [4.78, 5) is 12.0. The van der Waals surface area contributed by atoms with Crippen molar-refractivity contribution in [2.75, 3.05) is 13.6 Å². The maximum Gasteiger partial charge on any atom is 0.270 e. The van der Waals surface area contributed by atoms with Gasteiger partial charge in [-0.25, -0.2) is 4.39 Å². The highest BCUT2D eigenvalue weighted by Crippen LogP contribution is 2.26. The Morgan fingerprint density at radius 1 is 1.47 bits per heavy atom. The third-order valence-electron chi connectivity index (χ3n) is 2.97. The van der Waals surface area contributed by atoms with Gasteiger partial charge in [-0.1, -0.05) is 15.9 Å². The molecule has 0 unspecified atom stereocenters. The lowest BCUT2D eigenvalue weighted by molar-refractivity contribution is 0.629. The van der Waals surface area contributed by atoms with E-state index in [2.05, 4.69) is 26.3 Å². The van der Waals surface area contributed by atoms with E-state index >= 15 is 0 Å². The second kappa shape index (κ2) is 5.71. The summed E-state index contributed by atoms with van der Waals surface area (Å²) >= 11 is 3.32. The fourth-order valence-electron chi connectivity index (χ4n) is 1.99. The Morgan fingerprint density at radius 2 is 2.21 bits per heavy atom. The lowest BCUT2D eigenvalue weighted by Crippen LogP contribution is -2.19. The van der Waals surface area contributed by atoms with Crippen LogP contribution in [0.2, 0.25) is 0 Å². The Bertz CT molecular complexity index is 648. The van der Waals surface area contributed by atoms with Gasteiger partial charge in [0, 0.05) is 22.6 Å². The second-order valence-electron chi connectivity index (χ2n) is 4.31. The molecule has 0 radical (unpaired) electrons. The third kappa shape index (κ3) is 2.79. The zero-order valence-corrected chi connectivity index (χ0v) is 12.3. The van der Waals surface area contributed by atoms with Crippen molar-refractivity contribution in [3.8, 4) is 11.3 Å². The van der Waals surface area contributed by atoms with Crippen LogP contribution in [-0.4, -0.2) is 23.4 Å². The number of benzene rings is 1. The van der Waals surface area contributed by atoms with Gasteiger partial charge in [-0.05, 0) is 38.2 Å². The Kier molecular flexibility index (Phi) is 4.21. The molecule has 6 heteroatoms. The molecule has 1 aromatic carbocycles. The van der Waals surface area contributed by atoms with E-state index in [1.807, 2.05) is 7.05 Å². The maximum atomic E-state index is 13.9. The SMILES string of the molecule is CNCCc1c(-c2cc(Br)ccc2F)[nH]n(C)c1=O. The number of aromatic nitrogens is 2.